The zero-order valence-electron chi connectivity index (χ0n) is 11.4. The van der Waals surface area contributed by atoms with Crippen molar-refractivity contribution in [1.29, 1.82) is 0 Å². The van der Waals surface area contributed by atoms with Gasteiger partial charge in [0.15, 0.2) is 0 Å². The third-order valence-corrected chi connectivity index (χ3v) is 2.32. The summed E-state index contributed by atoms with van der Waals surface area (Å²) in [6.07, 6.45) is 1.70. The van der Waals surface area contributed by atoms with Gasteiger partial charge in [-0.3, -0.25) is 0 Å². The van der Waals surface area contributed by atoms with E-state index in [1.54, 1.807) is 13.8 Å². The topological polar surface area (TPSA) is 55.8 Å². The van der Waals surface area contributed by atoms with Gasteiger partial charge in [0.05, 0.1) is 5.60 Å². The van der Waals surface area contributed by atoms with Crippen LogP contribution in [0, 0.1) is 0 Å². The van der Waals surface area contributed by atoms with E-state index in [9.17, 15) is 9.90 Å². The average molecular weight is 264 g/mol. The lowest BCUT2D eigenvalue weighted by Crippen LogP contribution is -2.21. The lowest BCUT2D eigenvalue weighted by Gasteiger charge is -2.17. The Morgan fingerprint density at radius 2 is 1.95 bits per heavy atom. The number of hydrogen-bond donors (Lipinski definition) is 1. The van der Waals surface area contributed by atoms with Crippen LogP contribution in [0.4, 0.5) is 0 Å². The predicted molar refractivity (Wildman–Crippen MR) is 73.1 cm³/mol. The maximum Gasteiger partial charge on any atom is 0.330 e. The SMILES string of the molecule is C=CC(=O)OCCOc1ccc(CC(C)(C)O)cc1. The van der Waals surface area contributed by atoms with Crippen LogP contribution in [0.2, 0.25) is 0 Å². The van der Waals surface area contributed by atoms with E-state index >= 15 is 0 Å². The molecule has 1 rings (SSSR count). The molecule has 0 spiro atoms. The quantitative estimate of drug-likeness (QED) is 0.465. The van der Waals surface area contributed by atoms with E-state index in [2.05, 4.69) is 6.58 Å². The van der Waals surface area contributed by atoms with Crippen molar-refractivity contribution in [2.24, 2.45) is 0 Å². The molecule has 4 nitrogen and oxygen atoms in total. The van der Waals surface area contributed by atoms with Crippen LogP contribution in [0.3, 0.4) is 0 Å². The summed E-state index contributed by atoms with van der Waals surface area (Å²) >= 11 is 0. The fourth-order valence-corrected chi connectivity index (χ4v) is 1.56. The minimum atomic E-state index is -0.721. The zero-order chi connectivity index (χ0) is 14.3. The van der Waals surface area contributed by atoms with Gasteiger partial charge < -0.3 is 14.6 Å². The number of aliphatic hydroxyl groups is 1. The lowest BCUT2D eigenvalue weighted by atomic mass is 9.99. The minimum absolute atomic E-state index is 0.191. The van der Waals surface area contributed by atoms with Crippen molar-refractivity contribution >= 4 is 5.97 Å². The molecule has 1 N–H and O–H groups in total. The van der Waals surface area contributed by atoms with Crippen LogP contribution in [-0.2, 0) is 16.0 Å². The Balaban J connectivity index is 2.36. The number of ether oxygens (including phenoxy) is 2. The van der Waals surface area contributed by atoms with Crippen molar-refractivity contribution < 1.29 is 19.4 Å². The van der Waals surface area contributed by atoms with Gasteiger partial charge >= 0.3 is 5.97 Å². The van der Waals surface area contributed by atoms with Crippen LogP contribution in [0.15, 0.2) is 36.9 Å². The molecule has 0 bridgehead atoms. The third kappa shape index (κ3) is 6.62. The highest BCUT2D eigenvalue weighted by atomic mass is 16.6. The molecule has 0 atom stereocenters. The molecule has 0 amide bonds. The maximum absolute atomic E-state index is 10.8. The molecule has 0 saturated heterocycles. The van der Waals surface area contributed by atoms with Crippen molar-refractivity contribution in [3.63, 3.8) is 0 Å². The Hall–Kier alpha value is -1.81. The number of benzene rings is 1. The summed E-state index contributed by atoms with van der Waals surface area (Å²) in [6, 6.07) is 7.47. The summed E-state index contributed by atoms with van der Waals surface area (Å²) in [7, 11) is 0. The summed E-state index contributed by atoms with van der Waals surface area (Å²) in [5.41, 5.74) is 0.319. The molecule has 104 valence electrons. The lowest BCUT2D eigenvalue weighted by molar-refractivity contribution is -0.138. The predicted octanol–water partition coefficient (Wildman–Crippen LogP) is 2.11. The van der Waals surface area contributed by atoms with E-state index in [-0.39, 0.29) is 6.61 Å². The van der Waals surface area contributed by atoms with Crippen molar-refractivity contribution in [1.82, 2.24) is 0 Å². The van der Waals surface area contributed by atoms with E-state index in [0.29, 0.717) is 18.8 Å². The standard InChI is InChI=1S/C15H20O4/c1-4-14(16)19-10-9-18-13-7-5-12(6-8-13)11-15(2,3)17/h4-8,17H,1,9-11H2,2-3H3. The van der Waals surface area contributed by atoms with Crippen LogP contribution in [0.5, 0.6) is 5.75 Å². The molecule has 4 heteroatoms. The smallest absolute Gasteiger partial charge is 0.330 e. The number of hydrogen-bond acceptors (Lipinski definition) is 4. The number of esters is 1. The van der Waals surface area contributed by atoms with E-state index < -0.39 is 11.6 Å². The molecule has 0 heterocycles. The normalized spacial score (nSPS) is 10.9. The van der Waals surface area contributed by atoms with Crippen LogP contribution in [0.1, 0.15) is 19.4 Å². The highest BCUT2D eigenvalue weighted by molar-refractivity contribution is 5.81. The molecule has 0 aliphatic heterocycles. The zero-order valence-corrected chi connectivity index (χ0v) is 11.4. The van der Waals surface area contributed by atoms with Crippen LogP contribution in [0.25, 0.3) is 0 Å². The second kappa shape index (κ2) is 6.95. The summed E-state index contributed by atoms with van der Waals surface area (Å²) in [5, 5.41) is 9.70. The molecule has 19 heavy (non-hydrogen) atoms. The summed E-state index contributed by atoms with van der Waals surface area (Å²) < 4.78 is 10.2. The van der Waals surface area contributed by atoms with Crippen LogP contribution < -0.4 is 4.74 Å². The first-order valence-corrected chi connectivity index (χ1v) is 6.14. The van der Waals surface area contributed by atoms with Crippen molar-refractivity contribution in [3.05, 3.63) is 42.5 Å². The first-order valence-electron chi connectivity index (χ1n) is 6.14. The molecule has 0 unspecified atom stereocenters. The highest BCUT2D eigenvalue weighted by Crippen LogP contribution is 2.16. The first-order chi connectivity index (χ1) is 8.90. The van der Waals surface area contributed by atoms with E-state index in [0.717, 1.165) is 11.6 Å². The number of carbonyl (C=O) groups is 1. The summed E-state index contributed by atoms with van der Waals surface area (Å²) in [4.78, 5) is 10.8. The molecule has 1 aromatic carbocycles. The molecule has 0 saturated carbocycles. The van der Waals surface area contributed by atoms with Gasteiger partial charge in [-0.1, -0.05) is 18.7 Å². The fraction of sp³-hybridized carbons (Fsp3) is 0.400. The molecule has 1 aromatic rings. The van der Waals surface area contributed by atoms with Gasteiger partial charge in [-0.2, -0.15) is 0 Å². The Bertz CT molecular complexity index is 415. The van der Waals surface area contributed by atoms with Gasteiger partial charge in [-0.15, -0.1) is 0 Å². The average Bonchev–Trinajstić information content (AvgIpc) is 2.34. The number of rotatable bonds is 7. The second-order valence-electron chi connectivity index (χ2n) is 4.85. The Labute approximate surface area is 113 Å². The van der Waals surface area contributed by atoms with E-state index in [1.165, 1.54) is 0 Å². The van der Waals surface area contributed by atoms with Gasteiger partial charge in [-0.25, -0.2) is 4.79 Å². The summed E-state index contributed by atoms with van der Waals surface area (Å²) in [6.45, 7) is 7.33. The van der Waals surface area contributed by atoms with Gasteiger partial charge in [-0.05, 0) is 31.5 Å². The number of carbonyl (C=O) groups excluding carboxylic acids is 1. The van der Waals surface area contributed by atoms with Crippen molar-refractivity contribution in [2.45, 2.75) is 25.9 Å². The Morgan fingerprint density at radius 3 is 2.47 bits per heavy atom. The third-order valence-electron chi connectivity index (χ3n) is 2.32. The monoisotopic (exact) mass is 264 g/mol. The first kappa shape index (κ1) is 15.2. The van der Waals surface area contributed by atoms with Gasteiger partial charge in [0.2, 0.25) is 0 Å². The maximum atomic E-state index is 10.8. The second-order valence-corrected chi connectivity index (χ2v) is 4.85. The van der Waals surface area contributed by atoms with Gasteiger partial charge in [0, 0.05) is 12.5 Å². The Morgan fingerprint density at radius 1 is 1.32 bits per heavy atom. The fourth-order valence-electron chi connectivity index (χ4n) is 1.56. The highest BCUT2D eigenvalue weighted by Gasteiger charge is 2.13. The molecule has 0 aliphatic rings. The summed E-state index contributed by atoms with van der Waals surface area (Å²) in [5.74, 6) is 0.248. The molecule has 0 radical (unpaired) electrons. The molecular weight excluding hydrogens is 244 g/mol. The van der Waals surface area contributed by atoms with Crippen molar-refractivity contribution in [3.8, 4) is 5.75 Å². The Kier molecular flexibility index (Phi) is 5.57. The van der Waals surface area contributed by atoms with Crippen LogP contribution in [-0.4, -0.2) is 29.9 Å². The van der Waals surface area contributed by atoms with Crippen LogP contribution >= 0.6 is 0 Å². The van der Waals surface area contributed by atoms with E-state index in [1.807, 2.05) is 24.3 Å². The van der Waals surface area contributed by atoms with Gasteiger partial charge in [0.25, 0.3) is 0 Å². The molecule has 0 aliphatic carbocycles. The largest absolute Gasteiger partial charge is 0.490 e. The molecular formula is C15H20O4. The van der Waals surface area contributed by atoms with Crippen molar-refractivity contribution in [2.75, 3.05) is 13.2 Å². The van der Waals surface area contributed by atoms with Gasteiger partial charge in [0.1, 0.15) is 19.0 Å². The van der Waals surface area contributed by atoms with E-state index in [4.69, 9.17) is 9.47 Å². The molecule has 0 fully saturated rings. The minimum Gasteiger partial charge on any atom is -0.490 e. The molecule has 0 aromatic heterocycles.